The molecule has 3 saturated heterocycles. The third-order valence-corrected chi connectivity index (χ3v) is 9.44. The van der Waals surface area contributed by atoms with Crippen LogP contribution < -0.4 is 10.6 Å². The van der Waals surface area contributed by atoms with Gasteiger partial charge >= 0.3 is 0 Å². The molecule has 0 amide bonds. The van der Waals surface area contributed by atoms with Gasteiger partial charge in [-0.1, -0.05) is 33.6 Å². The summed E-state index contributed by atoms with van der Waals surface area (Å²) < 4.78 is 57.1. The molecule has 0 aliphatic carbocycles. The number of fused-ring (bicyclic) bond motifs is 1. The number of hydrogen-bond donors (Lipinski definition) is 1. The third-order valence-electron chi connectivity index (χ3n) is 9.44. The third kappa shape index (κ3) is 7.81. The Morgan fingerprint density at radius 1 is 0.977 bits per heavy atom. The molecule has 2 unspecified atom stereocenters. The molecule has 3 fully saturated rings. The first-order valence-corrected chi connectivity index (χ1v) is 16.4. The number of benzene rings is 1. The Balaban J connectivity index is 0.000000353. The lowest BCUT2D eigenvalue weighted by Crippen LogP contribution is -2.36. The van der Waals surface area contributed by atoms with E-state index in [9.17, 15) is 13.2 Å². The molecule has 0 radical (unpaired) electrons. The standard InChI is InChI=1S/C26H37F3N4.C8H14FN/c1-5-10-18-17(4)14-21(30)24(27)20(18)15-22-19(11-6-2)25(32-23(7-3)31-22)33-13-9-8-12-26(28,29)16-33;1-8-3-2-4-10(8)6-7(9)5-8/h14H,5-13,15-16,30H2,1-4H3;7H,2-6H2,1H3. The fraction of sp³-hybridized carbons (Fsp3) is 0.706. The zero-order valence-electron chi connectivity index (χ0n) is 26.8. The number of nitrogen functional groups attached to an aromatic ring is 1. The molecule has 3 aliphatic rings. The Morgan fingerprint density at radius 3 is 2.37 bits per heavy atom. The lowest BCUT2D eigenvalue weighted by atomic mass is 9.92. The molecule has 1 aromatic heterocycles. The molecule has 0 bridgehead atoms. The molecular formula is C34H51F4N5. The van der Waals surface area contributed by atoms with Gasteiger partial charge in [-0.3, -0.25) is 4.90 Å². The van der Waals surface area contributed by atoms with Crippen LogP contribution in [-0.2, 0) is 25.7 Å². The summed E-state index contributed by atoms with van der Waals surface area (Å²) in [5.41, 5.74) is 10.4. The van der Waals surface area contributed by atoms with Crippen molar-refractivity contribution in [3.8, 4) is 0 Å². The summed E-state index contributed by atoms with van der Waals surface area (Å²) in [4.78, 5) is 13.5. The van der Waals surface area contributed by atoms with Crippen molar-refractivity contribution in [1.82, 2.24) is 14.9 Å². The minimum absolute atomic E-state index is 0.0979. The van der Waals surface area contributed by atoms with Gasteiger partial charge in [0.15, 0.2) is 0 Å². The van der Waals surface area contributed by atoms with E-state index in [2.05, 4.69) is 18.7 Å². The van der Waals surface area contributed by atoms with Crippen LogP contribution in [0, 0.1) is 12.7 Å². The minimum Gasteiger partial charge on any atom is -0.396 e. The Hall–Kier alpha value is -2.42. The maximum atomic E-state index is 15.3. The Bertz CT molecular complexity index is 1250. The van der Waals surface area contributed by atoms with E-state index >= 15 is 4.39 Å². The van der Waals surface area contributed by atoms with Gasteiger partial charge in [-0.2, -0.15) is 0 Å². The van der Waals surface area contributed by atoms with Gasteiger partial charge in [0.1, 0.15) is 23.6 Å². The molecule has 3 aliphatic heterocycles. The molecule has 0 saturated carbocycles. The maximum absolute atomic E-state index is 15.3. The summed E-state index contributed by atoms with van der Waals surface area (Å²) in [6.07, 6.45) is 7.77. The molecule has 4 heterocycles. The molecule has 5 rings (SSSR count). The van der Waals surface area contributed by atoms with Crippen LogP contribution in [0.1, 0.15) is 113 Å². The van der Waals surface area contributed by atoms with Crippen molar-refractivity contribution in [1.29, 1.82) is 0 Å². The molecule has 43 heavy (non-hydrogen) atoms. The smallest absolute Gasteiger partial charge is 0.265 e. The zero-order valence-corrected chi connectivity index (χ0v) is 26.8. The highest BCUT2D eigenvalue weighted by Gasteiger charge is 2.44. The van der Waals surface area contributed by atoms with E-state index < -0.39 is 17.9 Å². The molecule has 5 nitrogen and oxygen atoms in total. The molecule has 240 valence electrons. The number of rotatable bonds is 8. The summed E-state index contributed by atoms with van der Waals surface area (Å²) in [6, 6.07) is 1.69. The molecule has 0 spiro atoms. The highest BCUT2D eigenvalue weighted by molar-refractivity contribution is 5.55. The lowest BCUT2D eigenvalue weighted by Gasteiger charge is -2.28. The van der Waals surface area contributed by atoms with Crippen LogP contribution in [0.15, 0.2) is 6.07 Å². The highest BCUT2D eigenvalue weighted by Crippen LogP contribution is 2.39. The topological polar surface area (TPSA) is 58.3 Å². The number of nitrogens with two attached hydrogens (primary N) is 1. The van der Waals surface area contributed by atoms with E-state index in [1.807, 2.05) is 20.8 Å². The van der Waals surface area contributed by atoms with Crippen LogP contribution in [-0.4, -0.2) is 58.7 Å². The first-order valence-electron chi connectivity index (χ1n) is 16.4. The van der Waals surface area contributed by atoms with Gasteiger partial charge < -0.3 is 10.6 Å². The van der Waals surface area contributed by atoms with Crippen LogP contribution in [0.5, 0.6) is 0 Å². The molecule has 9 heteroatoms. The monoisotopic (exact) mass is 605 g/mol. The zero-order chi connectivity index (χ0) is 31.4. The van der Waals surface area contributed by atoms with E-state index in [0.29, 0.717) is 56.0 Å². The minimum atomic E-state index is -2.75. The number of aromatic nitrogens is 2. The van der Waals surface area contributed by atoms with Crippen molar-refractivity contribution in [3.05, 3.63) is 45.7 Å². The molecule has 2 atom stereocenters. The second-order valence-electron chi connectivity index (χ2n) is 13.1. The SMILES string of the molecule is CC12CCCN1CC(F)C2.CCCc1c(Cc2c(F)c(N)cc(C)c2CCC)nc(CC)nc1N1CCCCC(F)(F)C1. The van der Waals surface area contributed by atoms with E-state index in [1.165, 1.54) is 12.8 Å². The van der Waals surface area contributed by atoms with E-state index in [1.54, 1.807) is 11.0 Å². The van der Waals surface area contributed by atoms with E-state index in [-0.39, 0.29) is 30.6 Å². The van der Waals surface area contributed by atoms with Crippen molar-refractivity contribution in [2.75, 3.05) is 36.8 Å². The lowest BCUT2D eigenvalue weighted by molar-refractivity contribution is 0.00332. The van der Waals surface area contributed by atoms with Crippen LogP contribution in [0.4, 0.5) is 29.1 Å². The summed E-state index contributed by atoms with van der Waals surface area (Å²) in [7, 11) is 0. The maximum Gasteiger partial charge on any atom is 0.265 e. The van der Waals surface area contributed by atoms with E-state index in [0.717, 1.165) is 54.6 Å². The van der Waals surface area contributed by atoms with Crippen molar-refractivity contribution in [3.63, 3.8) is 0 Å². The molecule has 2 N–H and O–H groups in total. The summed E-state index contributed by atoms with van der Waals surface area (Å²) >= 11 is 0. The number of alkyl halides is 3. The fourth-order valence-electron chi connectivity index (χ4n) is 7.22. The van der Waals surface area contributed by atoms with Crippen molar-refractivity contribution >= 4 is 11.5 Å². The first-order chi connectivity index (χ1) is 20.4. The van der Waals surface area contributed by atoms with Crippen LogP contribution in [0.25, 0.3) is 0 Å². The van der Waals surface area contributed by atoms with Gasteiger partial charge in [-0.05, 0) is 88.1 Å². The van der Waals surface area contributed by atoms with Gasteiger partial charge in [0.25, 0.3) is 5.92 Å². The van der Waals surface area contributed by atoms with Gasteiger partial charge in [0.05, 0.1) is 17.9 Å². The second-order valence-corrected chi connectivity index (χ2v) is 13.1. The summed E-state index contributed by atoms with van der Waals surface area (Å²) in [6.45, 7) is 12.2. The van der Waals surface area contributed by atoms with Crippen LogP contribution in [0.2, 0.25) is 0 Å². The fourth-order valence-corrected chi connectivity index (χ4v) is 7.22. The first kappa shape index (κ1) is 33.5. The Kier molecular flexibility index (Phi) is 11.0. The number of halogens is 4. The Morgan fingerprint density at radius 2 is 1.70 bits per heavy atom. The van der Waals surface area contributed by atoms with Crippen molar-refractivity contribution in [2.45, 2.75) is 129 Å². The van der Waals surface area contributed by atoms with Crippen LogP contribution >= 0.6 is 0 Å². The van der Waals surface area contributed by atoms with Gasteiger partial charge in [0, 0.05) is 43.5 Å². The second kappa shape index (κ2) is 14.1. The van der Waals surface area contributed by atoms with Gasteiger partial charge in [-0.15, -0.1) is 0 Å². The van der Waals surface area contributed by atoms with Crippen molar-refractivity contribution in [2.24, 2.45) is 0 Å². The normalized spacial score (nSPS) is 23.6. The summed E-state index contributed by atoms with van der Waals surface area (Å²) in [5.74, 6) is -1.95. The average Bonchev–Trinajstić information content (AvgIpc) is 3.36. The van der Waals surface area contributed by atoms with Gasteiger partial charge in [0.2, 0.25) is 0 Å². The average molecular weight is 606 g/mol. The highest BCUT2D eigenvalue weighted by atomic mass is 19.3. The molecular weight excluding hydrogens is 554 g/mol. The van der Waals surface area contributed by atoms with Crippen molar-refractivity contribution < 1.29 is 17.6 Å². The van der Waals surface area contributed by atoms with Crippen LogP contribution in [0.3, 0.4) is 0 Å². The predicted octanol–water partition coefficient (Wildman–Crippen LogP) is 7.77. The van der Waals surface area contributed by atoms with Gasteiger partial charge in [-0.25, -0.2) is 27.5 Å². The van der Waals surface area contributed by atoms with E-state index in [4.69, 9.17) is 15.7 Å². The molecule has 1 aromatic carbocycles. The summed E-state index contributed by atoms with van der Waals surface area (Å²) in [5, 5.41) is 0. The molecule has 2 aromatic rings. The Labute approximate surface area is 255 Å². The number of aryl methyl sites for hydroxylation is 2. The number of nitrogens with zero attached hydrogens (tertiary/aromatic N) is 4. The number of hydrogen-bond acceptors (Lipinski definition) is 5. The quantitative estimate of drug-likeness (QED) is 0.246. The largest absolute Gasteiger partial charge is 0.396 e. The number of anilines is 2. The predicted molar refractivity (Wildman–Crippen MR) is 167 cm³/mol.